The number of hydrogen-bond donors (Lipinski definition) is 2. The molecule has 0 aliphatic carbocycles. The van der Waals surface area contributed by atoms with Gasteiger partial charge in [0.05, 0.1) is 12.6 Å². The number of nitrogens with one attached hydrogen (secondary N) is 1. The summed E-state index contributed by atoms with van der Waals surface area (Å²) in [5, 5.41) is 1.24. The molecule has 0 heterocycles. The Labute approximate surface area is 128 Å². The molecule has 106 valence electrons. The van der Waals surface area contributed by atoms with Crippen molar-refractivity contribution in [3.05, 3.63) is 63.6 Å². The van der Waals surface area contributed by atoms with E-state index >= 15 is 0 Å². The molecule has 5 heteroatoms. The van der Waals surface area contributed by atoms with Crippen molar-refractivity contribution in [3.8, 4) is 5.75 Å². The zero-order chi connectivity index (χ0) is 14.5. The summed E-state index contributed by atoms with van der Waals surface area (Å²) < 4.78 is 5.42. The van der Waals surface area contributed by atoms with Gasteiger partial charge in [-0.2, -0.15) is 0 Å². The lowest BCUT2D eigenvalue weighted by molar-refractivity contribution is 0.340. The number of rotatable bonds is 5. The summed E-state index contributed by atoms with van der Waals surface area (Å²) in [6.45, 7) is 2.59. The second-order valence-corrected chi connectivity index (χ2v) is 5.11. The van der Waals surface area contributed by atoms with Crippen molar-refractivity contribution >= 4 is 23.2 Å². The van der Waals surface area contributed by atoms with Crippen LogP contribution in [0.25, 0.3) is 0 Å². The summed E-state index contributed by atoms with van der Waals surface area (Å²) in [6.07, 6.45) is 0. The van der Waals surface area contributed by atoms with Crippen molar-refractivity contribution < 1.29 is 4.74 Å². The van der Waals surface area contributed by atoms with E-state index in [4.69, 9.17) is 33.8 Å². The molecule has 3 nitrogen and oxygen atoms in total. The highest BCUT2D eigenvalue weighted by Gasteiger charge is 2.16. The molecular weight excluding hydrogens is 295 g/mol. The summed E-state index contributed by atoms with van der Waals surface area (Å²) in [4.78, 5) is 0. The predicted molar refractivity (Wildman–Crippen MR) is 83.2 cm³/mol. The molecule has 0 aromatic heterocycles. The molecule has 2 aromatic carbocycles. The zero-order valence-electron chi connectivity index (χ0n) is 11.1. The van der Waals surface area contributed by atoms with Crippen molar-refractivity contribution in [2.45, 2.75) is 13.0 Å². The Kier molecular flexibility index (Phi) is 5.26. The van der Waals surface area contributed by atoms with Crippen LogP contribution in [0.4, 0.5) is 0 Å². The van der Waals surface area contributed by atoms with Gasteiger partial charge < -0.3 is 4.74 Å². The first-order valence-corrected chi connectivity index (χ1v) is 7.05. The Bertz CT molecular complexity index is 573. The Morgan fingerprint density at radius 1 is 1.15 bits per heavy atom. The second-order valence-electron chi connectivity index (χ2n) is 4.27. The van der Waals surface area contributed by atoms with Crippen molar-refractivity contribution in [1.82, 2.24) is 5.43 Å². The molecule has 0 radical (unpaired) electrons. The minimum Gasteiger partial charge on any atom is -0.494 e. The average Bonchev–Trinajstić information content (AvgIpc) is 2.45. The Hall–Kier alpha value is -1.26. The van der Waals surface area contributed by atoms with E-state index in [2.05, 4.69) is 5.43 Å². The van der Waals surface area contributed by atoms with Crippen LogP contribution < -0.4 is 16.0 Å². The average molecular weight is 311 g/mol. The fraction of sp³-hybridized carbons (Fsp3) is 0.200. The molecule has 0 saturated heterocycles. The molecule has 0 spiro atoms. The van der Waals surface area contributed by atoms with E-state index in [-0.39, 0.29) is 6.04 Å². The van der Waals surface area contributed by atoms with E-state index in [1.54, 1.807) is 12.1 Å². The van der Waals surface area contributed by atoms with E-state index in [1.807, 2.05) is 37.3 Å². The quantitative estimate of drug-likeness (QED) is 0.649. The summed E-state index contributed by atoms with van der Waals surface area (Å²) in [5.41, 5.74) is 4.60. The van der Waals surface area contributed by atoms with Gasteiger partial charge in [0.15, 0.2) is 0 Å². The first kappa shape index (κ1) is 15.1. The first-order valence-electron chi connectivity index (χ1n) is 6.29. The zero-order valence-corrected chi connectivity index (χ0v) is 12.6. The number of hydrogen-bond acceptors (Lipinski definition) is 3. The van der Waals surface area contributed by atoms with Gasteiger partial charge in [0, 0.05) is 10.0 Å². The number of ether oxygens (including phenoxy) is 1. The normalized spacial score (nSPS) is 12.2. The van der Waals surface area contributed by atoms with Crippen LogP contribution in [0.2, 0.25) is 10.0 Å². The monoisotopic (exact) mass is 310 g/mol. The fourth-order valence-electron chi connectivity index (χ4n) is 2.02. The Morgan fingerprint density at radius 2 is 1.85 bits per heavy atom. The standard InChI is InChI=1S/C15H16Cl2N2O/c1-2-20-12-6-3-10(4-7-12)15(19-18)13-9-11(16)5-8-14(13)17/h3-9,15,19H,2,18H2,1H3. The van der Waals surface area contributed by atoms with E-state index in [0.717, 1.165) is 16.9 Å². The van der Waals surface area contributed by atoms with Gasteiger partial charge in [-0.25, -0.2) is 5.43 Å². The van der Waals surface area contributed by atoms with Gasteiger partial charge in [-0.05, 0) is 48.4 Å². The van der Waals surface area contributed by atoms with Gasteiger partial charge in [-0.15, -0.1) is 0 Å². The maximum atomic E-state index is 6.22. The van der Waals surface area contributed by atoms with Gasteiger partial charge >= 0.3 is 0 Å². The highest BCUT2D eigenvalue weighted by molar-refractivity contribution is 6.33. The minimum absolute atomic E-state index is 0.225. The molecule has 0 aliphatic rings. The van der Waals surface area contributed by atoms with Crippen molar-refractivity contribution in [2.75, 3.05) is 6.61 Å². The van der Waals surface area contributed by atoms with Gasteiger partial charge in [-0.3, -0.25) is 5.84 Å². The summed E-state index contributed by atoms with van der Waals surface area (Å²) >= 11 is 12.2. The number of hydrazine groups is 1. The van der Waals surface area contributed by atoms with E-state index in [0.29, 0.717) is 16.7 Å². The van der Waals surface area contributed by atoms with Gasteiger partial charge in [0.1, 0.15) is 5.75 Å². The Balaban J connectivity index is 2.34. The van der Waals surface area contributed by atoms with Gasteiger partial charge in [-0.1, -0.05) is 35.3 Å². The van der Waals surface area contributed by atoms with Crippen LogP contribution in [0.3, 0.4) is 0 Å². The molecule has 0 aliphatic heterocycles. The Morgan fingerprint density at radius 3 is 2.45 bits per heavy atom. The van der Waals surface area contributed by atoms with Crippen LogP contribution in [0.15, 0.2) is 42.5 Å². The molecule has 0 bridgehead atoms. The molecule has 1 atom stereocenters. The van der Waals surface area contributed by atoms with Crippen molar-refractivity contribution in [3.63, 3.8) is 0 Å². The van der Waals surface area contributed by atoms with Crippen molar-refractivity contribution in [1.29, 1.82) is 0 Å². The molecule has 1 unspecified atom stereocenters. The van der Waals surface area contributed by atoms with Gasteiger partial charge in [0.25, 0.3) is 0 Å². The molecule has 3 N–H and O–H groups in total. The SMILES string of the molecule is CCOc1ccc(C(NN)c2cc(Cl)ccc2Cl)cc1. The lowest BCUT2D eigenvalue weighted by Gasteiger charge is -2.19. The van der Waals surface area contributed by atoms with Crippen LogP contribution in [0, 0.1) is 0 Å². The molecule has 2 rings (SSSR count). The maximum Gasteiger partial charge on any atom is 0.119 e. The van der Waals surface area contributed by atoms with E-state index < -0.39 is 0 Å². The highest BCUT2D eigenvalue weighted by atomic mass is 35.5. The lowest BCUT2D eigenvalue weighted by atomic mass is 9.99. The third kappa shape index (κ3) is 3.44. The number of benzene rings is 2. The summed E-state index contributed by atoms with van der Waals surface area (Å²) in [6, 6.07) is 12.8. The molecule has 0 saturated carbocycles. The first-order chi connectivity index (χ1) is 9.65. The van der Waals surface area contributed by atoms with Gasteiger partial charge in [0.2, 0.25) is 0 Å². The smallest absolute Gasteiger partial charge is 0.119 e. The number of halogens is 2. The topological polar surface area (TPSA) is 47.3 Å². The van der Waals surface area contributed by atoms with E-state index in [1.165, 1.54) is 0 Å². The van der Waals surface area contributed by atoms with Crippen LogP contribution in [0.5, 0.6) is 5.75 Å². The lowest BCUT2D eigenvalue weighted by Crippen LogP contribution is -2.29. The maximum absolute atomic E-state index is 6.22. The van der Waals surface area contributed by atoms with Crippen LogP contribution in [-0.4, -0.2) is 6.61 Å². The third-order valence-electron chi connectivity index (χ3n) is 2.96. The summed E-state index contributed by atoms with van der Waals surface area (Å²) in [5.74, 6) is 6.49. The molecule has 0 fully saturated rings. The van der Waals surface area contributed by atoms with E-state index in [9.17, 15) is 0 Å². The van der Waals surface area contributed by atoms with Crippen LogP contribution in [0.1, 0.15) is 24.1 Å². The largest absolute Gasteiger partial charge is 0.494 e. The molecule has 0 amide bonds. The van der Waals surface area contributed by atoms with Crippen LogP contribution in [-0.2, 0) is 0 Å². The third-order valence-corrected chi connectivity index (χ3v) is 3.54. The van der Waals surface area contributed by atoms with Crippen molar-refractivity contribution in [2.24, 2.45) is 5.84 Å². The molecule has 20 heavy (non-hydrogen) atoms. The summed E-state index contributed by atoms with van der Waals surface area (Å²) in [7, 11) is 0. The molecular formula is C15H16Cl2N2O. The second kappa shape index (κ2) is 6.95. The minimum atomic E-state index is -0.225. The number of nitrogens with two attached hydrogens (primary N) is 1. The fourth-order valence-corrected chi connectivity index (χ4v) is 2.43. The van der Waals surface area contributed by atoms with Crippen LogP contribution >= 0.6 is 23.2 Å². The predicted octanol–water partition coefficient (Wildman–Crippen LogP) is 3.94. The molecule has 2 aromatic rings. The highest BCUT2D eigenvalue weighted by Crippen LogP contribution is 2.30.